The van der Waals surface area contributed by atoms with E-state index in [1.807, 2.05) is 10.7 Å². The monoisotopic (exact) mass is 606 g/mol. The van der Waals surface area contributed by atoms with Crippen molar-refractivity contribution < 1.29 is 23.8 Å². The normalized spacial score (nSPS) is 26.0. The third-order valence-corrected chi connectivity index (χ3v) is 10.1. The number of benzene rings is 3. The van der Waals surface area contributed by atoms with Crippen molar-refractivity contribution in [3.8, 4) is 5.75 Å². The molecular formula is C31H25Cl2FN4O4. The third kappa shape index (κ3) is 3.30. The highest BCUT2D eigenvalue weighted by molar-refractivity contribution is 6.31. The molecule has 1 spiro atoms. The number of aromatic nitrogens is 2. The number of likely N-dealkylation sites (tertiary alicyclic amines) is 1. The Bertz CT molecular complexity index is 1860. The van der Waals surface area contributed by atoms with Gasteiger partial charge >= 0.3 is 5.97 Å². The first kappa shape index (κ1) is 26.0. The molecule has 0 bridgehead atoms. The van der Waals surface area contributed by atoms with Crippen LogP contribution in [0.25, 0.3) is 10.9 Å². The lowest BCUT2D eigenvalue weighted by Gasteiger charge is -2.40. The molecule has 4 aromatic rings. The van der Waals surface area contributed by atoms with Gasteiger partial charge in [-0.1, -0.05) is 41.4 Å². The Morgan fingerprint density at radius 2 is 2.02 bits per heavy atom. The summed E-state index contributed by atoms with van der Waals surface area (Å²) in [5.41, 5.74) is 1.78. The van der Waals surface area contributed by atoms with Crippen molar-refractivity contribution in [2.24, 2.45) is 5.92 Å². The van der Waals surface area contributed by atoms with E-state index in [-0.39, 0.29) is 28.3 Å². The number of rotatable bonds is 5. The number of carbonyl (C=O) groups is 2. The minimum atomic E-state index is -1.24. The zero-order chi connectivity index (χ0) is 29.1. The Morgan fingerprint density at radius 1 is 1.21 bits per heavy atom. The van der Waals surface area contributed by atoms with E-state index in [0.29, 0.717) is 40.7 Å². The number of carboxylic acid groups (broad SMARTS) is 1. The predicted molar refractivity (Wildman–Crippen MR) is 155 cm³/mol. The minimum Gasteiger partial charge on any atom is -0.493 e. The van der Waals surface area contributed by atoms with Crippen LogP contribution in [0.5, 0.6) is 5.75 Å². The molecule has 2 N–H and O–H groups in total. The number of halogens is 3. The molecule has 11 heteroatoms. The summed E-state index contributed by atoms with van der Waals surface area (Å²) < 4.78 is 23.6. The summed E-state index contributed by atoms with van der Waals surface area (Å²) in [4.78, 5) is 28.7. The maximum absolute atomic E-state index is 16.1. The van der Waals surface area contributed by atoms with Crippen molar-refractivity contribution in [3.63, 3.8) is 0 Å². The van der Waals surface area contributed by atoms with Gasteiger partial charge in [-0.05, 0) is 54.7 Å². The highest BCUT2D eigenvalue weighted by Crippen LogP contribution is 2.64. The summed E-state index contributed by atoms with van der Waals surface area (Å²) in [6.45, 7) is 0.671. The molecule has 0 unspecified atom stereocenters. The number of hydrogen-bond acceptors (Lipinski definition) is 5. The second-order valence-electron chi connectivity index (χ2n) is 11.6. The number of carboxylic acids is 1. The standard InChI is InChI=1S/C31H25Cl2FN4O4/c1-42-28-18(29(39)40)9-8-16-22-12-23-27(38(22)36-26(16)28)24(17-3-2-4-20(33)25(17)34)31(37(23)13-14-5-6-14)19-10-7-15(32)11-21(19)35-30(31)41/h2-4,7-11,14,23-24,27H,5-6,12-13H2,1H3,(H,35,41)(H,39,40)/t23-,24-,27+,31+/m0/s1. The number of fused-ring (bicyclic) bond motifs is 7. The molecule has 1 saturated carbocycles. The van der Waals surface area contributed by atoms with E-state index >= 15 is 4.39 Å². The Hall–Kier alpha value is -3.66. The molecular weight excluding hydrogens is 582 g/mol. The van der Waals surface area contributed by atoms with Crippen LogP contribution in [-0.2, 0) is 16.8 Å². The molecule has 3 aromatic carbocycles. The molecule has 1 aliphatic carbocycles. The topological polar surface area (TPSA) is 96.7 Å². The lowest BCUT2D eigenvalue weighted by atomic mass is 9.73. The number of hydrogen-bond donors (Lipinski definition) is 2. The number of ether oxygens (including phenoxy) is 1. The zero-order valence-electron chi connectivity index (χ0n) is 22.4. The minimum absolute atomic E-state index is 0.00925. The SMILES string of the molecule is COc1c(C(=O)O)ccc2c3n(nc12)[C@@H]1[C@H](C3)N(CC2CC2)[C@@]2(C(=O)Nc3cc(Cl)ccc32)[C@H]1c1cccc(Cl)c1F. The van der Waals surface area contributed by atoms with Crippen molar-refractivity contribution in [3.05, 3.63) is 86.8 Å². The van der Waals surface area contributed by atoms with Gasteiger partial charge in [0.25, 0.3) is 0 Å². The summed E-state index contributed by atoms with van der Waals surface area (Å²) in [7, 11) is 1.42. The van der Waals surface area contributed by atoms with Crippen molar-refractivity contribution in [2.75, 3.05) is 19.0 Å². The smallest absolute Gasteiger partial charge is 0.339 e. The molecule has 42 heavy (non-hydrogen) atoms. The Labute approximate surface area is 250 Å². The van der Waals surface area contributed by atoms with Gasteiger partial charge in [-0.15, -0.1) is 0 Å². The molecule has 4 aliphatic rings. The van der Waals surface area contributed by atoms with Gasteiger partial charge in [0.1, 0.15) is 22.4 Å². The van der Waals surface area contributed by atoms with E-state index in [2.05, 4.69) is 10.2 Å². The average molecular weight is 607 g/mol. The molecule has 1 amide bonds. The van der Waals surface area contributed by atoms with Gasteiger partial charge in [-0.2, -0.15) is 5.10 Å². The fourth-order valence-corrected chi connectivity index (χ4v) is 8.11. The number of methoxy groups -OCH3 is 1. The van der Waals surface area contributed by atoms with E-state index in [1.54, 1.807) is 30.3 Å². The van der Waals surface area contributed by atoms with Gasteiger partial charge in [-0.25, -0.2) is 9.18 Å². The summed E-state index contributed by atoms with van der Waals surface area (Å²) in [5.74, 6) is -2.03. The van der Waals surface area contributed by atoms with E-state index in [0.717, 1.165) is 29.5 Å². The van der Waals surface area contributed by atoms with E-state index in [1.165, 1.54) is 19.2 Å². The van der Waals surface area contributed by atoms with E-state index in [4.69, 9.17) is 33.0 Å². The van der Waals surface area contributed by atoms with Gasteiger partial charge in [0.15, 0.2) is 5.75 Å². The number of carbonyl (C=O) groups excluding carboxylic acids is 1. The van der Waals surface area contributed by atoms with Crippen LogP contribution in [0.3, 0.4) is 0 Å². The van der Waals surface area contributed by atoms with Crippen LogP contribution in [0.15, 0.2) is 48.5 Å². The van der Waals surface area contributed by atoms with Crippen LogP contribution < -0.4 is 10.1 Å². The first-order valence-electron chi connectivity index (χ1n) is 13.9. The Kier molecular flexibility index (Phi) is 5.52. The van der Waals surface area contributed by atoms with E-state index in [9.17, 15) is 14.7 Å². The number of amides is 1. The third-order valence-electron chi connectivity index (χ3n) is 9.54. The summed E-state index contributed by atoms with van der Waals surface area (Å²) in [6, 6.07) is 12.9. The summed E-state index contributed by atoms with van der Waals surface area (Å²) >= 11 is 12.7. The second kappa shape index (κ2) is 8.92. The number of nitrogens with one attached hydrogen (secondary N) is 1. The van der Waals surface area contributed by atoms with Crippen LogP contribution in [0, 0.1) is 11.7 Å². The Morgan fingerprint density at radius 3 is 2.76 bits per heavy atom. The van der Waals surface area contributed by atoms with Crippen molar-refractivity contribution in [2.45, 2.75) is 42.8 Å². The van der Waals surface area contributed by atoms with Gasteiger partial charge in [0.05, 0.1) is 18.2 Å². The molecule has 4 atom stereocenters. The van der Waals surface area contributed by atoms with E-state index < -0.39 is 29.3 Å². The largest absolute Gasteiger partial charge is 0.493 e. The predicted octanol–water partition coefficient (Wildman–Crippen LogP) is 6.01. The highest BCUT2D eigenvalue weighted by atomic mass is 35.5. The van der Waals surface area contributed by atoms with Crippen molar-refractivity contribution >= 4 is 51.7 Å². The summed E-state index contributed by atoms with van der Waals surface area (Å²) in [5, 5.41) is 19.0. The molecule has 1 saturated heterocycles. The average Bonchev–Trinajstić information content (AvgIpc) is 3.40. The zero-order valence-corrected chi connectivity index (χ0v) is 23.9. The Balaban J connectivity index is 1.43. The first-order chi connectivity index (χ1) is 20.2. The van der Waals surface area contributed by atoms with Crippen LogP contribution in [-0.4, -0.2) is 51.4 Å². The quantitative estimate of drug-likeness (QED) is 0.289. The number of aromatic carboxylic acids is 1. The fraction of sp³-hybridized carbons (Fsp3) is 0.323. The van der Waals surface area contributed by atoms with Crippen molar-refractivity contribution in [1.82, 2.24) is 14.7 Å². The van der Waals surface area contributed by atoms with Crippen LogP contribution in [0.4, 0.5) is 10.1 Å². The second-order valence-corrected chi connectivity index (χ2v) is 12.5. The lowest BCUT2D eigenvalue weighted by Crippen LogP contribution is -2.53. The molecule has 0 radical (unpaired) electrons. The molecule has 214 valence electrons. The van der Waals surface area contributed by atoms with Crippen LogP contribution in [0.1, 0.15) is 52.0 Å². The van der Waals surface area contributed by atoms with Crippen molar-refractivity contribution in [1.29, 1.82) is 0 Å². The number of anilines is 1. The molecule has 8 rings (SSSR count). The maximum Gasteiger partial charge on any atom is 0.339 e. The van der Waals surface area contributed by atoms with Crippen LogP contribution in [0.2, 0.25) is 10.0 Å². The first-order valence-corrected chi connectivity index (χ1v) is 14.6. The molecule has 8 nitrogen and oxygen atoms in total. The lowest BCUT2D eigenvalue weighted by molar-refractivity contribution is -0.128. The highest BCUT2D eigenvalue weighted by Gasteiger charge is 2.69. The van der Waals surface area contributed by atoms with Gasteiger partial charge in [-0.3, -0.25) is 14.4 Å². The fourth-order valence-electron chi connectivity index (χ4n) is 7.76. The van der Waals surface area contributed by atoms with Crippen LogP contribution >= 0.6 is 23.2 Å². The molecule has 4 heterocycles. The maximum atomic E-state index is 16.1. The van der Waals surface area contributed by atoms with Gasteiger partial charge in [0, 0.05) is 52.3 Å². The molecule has 3 aliphatic heterocycles. The molecule has 2 fully saturated rings. The summed E-state index contributed by atoms with van der Waals surface area (Å²) in [6.07, 6.45) is 2.68. The van der Waals surface area contributed by atoms with Gasteiger partial charge < -0.3 is 15.2 Å². The molecule has 1 aromatic heterocycles. The number of nitrogens with zero attached hydrogens (tertiary/aromatic N) is 3. The van der Waals surface area contributed by atoms with Gasteiger partial charge in [0.2, 0.25) is 5.91 Å².